The van der Waals surface area contributed by atoms with Gasteiger partial charge in [-0.05, 0) is 38.0 Å². The van der Waals surface area contributed by atoms with E-state index in [4.69, 9.17) is 10.7 Å². The molecule has 0 aromatic heterocycles. The van der Waals surface area contributed by atoms with E-state index in [-0.39, 0.29) is 4.90 Å². The fourth-order valence-corrected chi connectivity index (χ4v) is 2.45. The molecular weight excluding hydrogens is 239 g/mol. The third-order valence-corrected chi connectivity index (χ3v) is 3.60. The Morgan fingerprint density at radius 1 is 1.33 bits per heavy atom. The van der Waals surface area contributed by atoms with E-state index >= 15 is 0 Å². The summed E-state index contributed by atoms with van der Waals surface area (Å²) in [4.78, 5) is -0.0348. The minimum atomic E-state index is -3.81. The zero-order chi connectivity index (χ0) is 11.9. The Bertz CT molecular complexity index is 475. The van der Waals surface area contributed by atoms with Gasteiger partial charge in [-0.3, -0.25) is 0 Å². The number of alkyl halides is 1. The summed E-state index contributed by atoms with van der Waals surface area (Å²) in [6.07, 6.45) is 0. The molecule has 0 aliphatic carbocycles. The van der Waals surface area contributed by atoms with Gasteiger partial charge in [0.2, 0.25) is 0 Å². The highest BCUT2D eigenvalue weighted by Gasteiger charge is 2.22. The van der Waals surface area contributed by atoms with Crippen LogP contribution >= 0.6 is 10.7 Å². The molecule has 0 bridgehead atoms. The lowest BCUT2D eigenvalue weighted by molar-refractivity contribution is 0.221. The Morgan fingerprint density at radius 3 is 2.27 bits per heavy atom. The van der Waals surface area contributed by atoms with Crippen molar-refractivity contribution in [1.29, 1.82) is 0 Å². The van der Waals surface area contributed by atoms with Crippen molar-refractivity contribution in [2.45, 2.75) is 31.3 Å². The average Bonchev–Trinajstić information content (AvgIpc) is 2.00. The van der Waals surface area contributed by atoms with E-state index in [9.17, 15) is 12.8 Å². The largest absolute Gasteiger partial charge is 0.261 e. The van der Waals surface area contributed by atoms with Crippen LogP contribution in [0, 0.1) is 6.92 Å². The predicted molar refractivity (Wildman–Crippen MR) is 58.4 cm³/mol. The van der Waals surface area contributed by atoms with Gasteiger partial charge in [-0.25, -0.2) is 12.8 Å². The van der Waals surface area contributed by atoms with Crippen molar-refractivity contribution < 1.29 is 12.8 Å². The van der Waals surface area contributed by atoms with Crippen LogP contribution in [0.4, 0.5) is 4.39 Å². The van der Waals surface area contributed by atoms with E-state index < -0.39 is 14.7 Å². The van der Waals surface area contributed by atoms with Crippen LogP contribution in [0.3, 0.4) is 0 Å². The van der Waals surface area contributed by atoms with Gasteiger partial charge in [0.1, 0.15) is 5.67 Å². The molecule has 0 aliphatic heterocycles. The summed E-state index contributed by atoms with van der Waals surface area (Å²) < 4.78 is 35.9. The summed E-state index contributed by atoms with van der Waals surface area (Å²) in [7, 11) is 1.42. The van der Waals surface area contributed by atoms with E-state index in [1.165, 1.54) is 19.9 Å². The Balaban J connectivity index is 3.43. The van der Waals surface area contributed by atoms with Crippen molar-refractivity contribution in [1.82, 2.24) is 0 Å². The van der Waals surface area contributed by atoms with Crippen LogP contribution in [-0.4, -0.2) is 8.42 Å². The standard InChI is InChI=1S/C10H12ClFO2S/c1-7-4-5-8(10(2,3)12)6-9(7)15(11,13)14/h4-6H,1-3H3. The van der Waals surface area contributed by atoms with Crippen LogP contribution in [0.2, 0.25) is 0 Å². The number of benzene rings is 1. The Kier molecular flexibility index (Phi) is 3.12. The van der Waals surface area contributed by atoms with Crippen LogP contribution < -0.4 is 0 Å². The van der Waals surface area contributed by atoms with Gasteiger partial charge in [-0.15, -0.1) is 0 Å². The molecule has 1 rings (SSSR count). The minimum Gasteiger partial charge on any atom is -0.239 e. The maximum absolute atomic E-state index is 13.6. The topological polar surface area (TPSA) is 34.1 Å². The second kappa shape index (κ2) is 3.76. The molecule has 2 nitrogen and oxygen atoms in total. The van der Waals surface area contributed by atoms with Crippen molar-refractivity contribution in [2.75, 3.05) is 0 Å². The molecule has 15 heavy (non-hydrogen) atoms. The lowest BCUT2D eigenvalue weighted by Crippen LogP contribution is -2.10. The first-order valence-electron chi connectivity index (χ1n) is 4.37. The summed E-state index contributed by atoms with van der Waals surface area (Å²) >= 11 is 0. The van der Waals surface area contributed by atoms with Gasteiger partial charge >= 0.3 is 0 Å². The van der Waals surface area contributed by atoms with Crippen LogP contribution in [0.25, 0.3) is 0 Å². The quantitative estimate of drug-likeness (QED) is 0.756. The molecular formula is C10H12ClFO2S. The van der Waals surface area contributed by atoms with E-state index in [2.05, 4.69) is 0 Å². The lowest BCUT2D eigenvalue weighted by Gasteiger charge is -2.16. The number of hydrogen-bond acceptors (Lipinski definition) is 2. The van der Waals surface area contributed by atoms with E-state index in [1.807, 2.05) is 0 Å². The Labute approximate surface area is 93.5 Å². The van der Waals surface area contributed by atoms with Crippen LogP contribution in [0.15, 0.2) is 23.1 Å². The van der Waals surface area contributed by atoms with Crippen LogP contribution in [0.5, 0.6) is 0 Å². The lowest BCUT2D eigenvalue weighted by atomic mass is 9.99. The Morgan fingerprint density at radius 2 is 1.87 bits per heavy atom. The van der Waals surface area contributed by atoms with Crippen molar-refractivity contribution in [3.63, 3.8) is 0 Å². The third-order valence-electron chi connectivity index (χ3n) is 2.14. The van der Waals surface area contributed by atoms with E-state index in [0.717, 1.165) is 0 Å². The maximum atomic E-state index is 13.6. The molecule has 0 saturated carbocycles. The fraction of sp³-hybridized carbons (Fsp3) is 0.400. The minimum absolute atomic E-state index is 0.0348. The van der Waals surface area contributed by atoms with Gasteiger partial charge in [0.05, 0.1) is 4.90 Å². The highest BCUT2D eigenvalue weighted by molar-refractivity contribution is 8.13. The maximum Gasteiger partial charge on any atom is 0.261 e. The second-order valence-electron chi connectivity index (χ2n) is 3.89. The molecule has 0 fully saturated rings. The van der Waals surface area contributed by atoms with Crippen LogP contribution in [0.1, 0.15) is 25.0 Å². The number of halogens is 2. The fourth-order valence-electron chi connectivity index (χ4n) is 1.23. The molecule has 0 aliphatic rings. The molecule has 0 atom stereocenters. The molecule has 0 N–H and O–H groups in total. The third kappa shape index (κ3) is 2.92. The summed E-state index contributed by atoms with van der Waals surface area (Å²) in [5, 5.41) is 0. The first-order chi connectivity index (χ1) is 6.62. The molecule has 0 saturated heterocycles. The summed E-state index contributed by atoms with van der Waals surface area (Å²) in [6.45, 7) is 4.34. The molecule has 0 spiro atoms. The molecule has 0 heterocycles. The van der Waals surface area contributed by atoms with Crippen molar-refractivity contribution >= 4 is 19.7 Å². The van der Waals surface area contributed by atoms with Gasteiger partial charge in [0, 0.05) is 10.7 Å². The molecule has 84 valence electrons. The first kappa shape index (κ1) is 12.5. The highest BCUT2D eigenvalue weighted by Crippen LogP contribution is 2.29. The van der Waals surface area contributed by atoms with Crippen LogP contribution in [-0.2, 0) is 14.7 Å². The van der Waals surface area contributed by atoms with Crippen molar-refractivity contribution in [3.05, 3.63) is 29.3 Å². The number of aryl methyl sites for hydroxylation is 1. The predicted octanol–water partition coefficient (Wildman–Crippen LogP) is 3.13. The van der Waals surface area contributed by atoms with E-state index in [1.54, 1.807) is 19.1 Å². The van der Waals surface area contributed by atoms with Crippen molar-refractivity contribution in [2.24, 2.45) is 0 Å². The summed E-state index contributed by atoms with van der Waals surface area (Å²) in [5.41, 5.74) is -0.769. The van der Waals surface area contributed by atoms with Crippen molar-refractivity contribution in [3.8, 4) is 0 Å². The molecule has 0 radical (unpaired) electrons. The first-order valence-corrected chi connectivity index (χ1v) is 6.68. The monoisotopic (exact) mass is 250 g/mol. The summed E-state index contributed by atoms with van der Waals surface area (Å²) in [5.74, 6) is 0. The van der Waals surface area contributed by atoms with Gasteiger partial charge in [-0.1, -0.05) is 12.1 Å². The molecule has 1 aromatic carbocycles. The smallest absolute Gasteiger partial charge is 0.239 e. The van der Waals surface area contributed by atoms with Gasteiger partial charge < -0.3 is 0 Å². The molecule has 5 heteroatoms. The van der Waals surface area contributed by atoms with Gasteiger partial charge in [0.25, 0.3) is 9.05 Å². The molecule has 1 aromatic rings. The summed E-state index contributed by atoms with van der Waals surface area (Å²) in [6, 6.07) is 4.38. The average molecular weight is 251 g/mol. The van der Waals surface area contributed by atoms with Gasteiger partial charge in [-0.2, -0.15) is 0 Å². The molecule has 0 amide bonds. The highest BCUT2D eigenvalue weighted by atomic mass is 35.7. The Hall–Kier alpha value is -0.610. The van der Waals surface area contributed by atoms with E-state index in [0.29, 0.717) is 11.1 Å². The molecule has 0 unspecified atom stereocenters. The number of hydrogen-bond donors (Lipinski definition) is 0. The number of rotatable bonds is 2. The second-order valence-corrected chi connectivity index (χ2v) is 6.42. The SMILES string of the molecule is Cc1ccc(C(C)(C)F)cc1S(=O)(=O)Cl. The zero-order valence-corrected chi connectivity index (χ0v) is 10.3. The van der Waals surface area contributed by atoms with Gasteiger partial charge in [0.15, 0.2) is 0 Å². The zero-order valence-electron chi connectivity index (χ0n) is 8.71. The normalized spacial score (nSPS) is 12.9.